The Morgan fingerprint density at radius 2 is 1.22 bits per heavy atom. The van der Waals surface area contributed by atoms with E-state index in [2.05, 4.69) is 10.2 Å². The number of likely N-dealkylation sites (N-methyl/N-ethyl adjacent to an activating group) is 1. The van der Waals surface area contributed by atoms with Gasteiger partial charge in [0.05, 0.1) is 38.0 Å². The van der Waals surface area contributed by atoms with E-state index in [1.165, 1.54) is 13.0 Å². The average Bonchev–Trinajstić information content (AvgIpc) is 3.10. The summed E-state index contributed by atoms with van der Waals surface area (Å²) < 4.78 is 28.9. The maximum absolute atomic E-state index is 11.1. The van der Waals surface area contributed by atoms with E-state index in [0.29, 0.717) is 26.2 Å². The summed E-state index contributed by atoms with van der Waals surface area (Å²) in [5.41, 5.74) is 0.0338. The molecule has 19 unspecified atom stereocenters. The van der Waals surface area contributed by atoms with Crippen molar-refractivity contribution < 1.29 is 85.0 Å². The highest BCUT2D eigenvalue weighted by Crippen LogP contribution is 2.33. The molecule has 4 saturated heterocycles. The molecule has 0 bridgehead atoms. The van der Waals surface area contributed by atoms with E-state index in [1.54, 1.807) is 0 Å². The Balaban J connectivity index is 1.22. The highest BCUT2D eigenvalue weighted by Gasteiger charge is 2.54. The van der Waals surface area contributed by atoms with Gasteiger partial charge >= 0.3 is 0 Å². The Bertz CT molecular complexity index is 1120. The van der Waals surface area contributed by atoms with Gasteiger partial charge in [-0.2, -0.15) is 0 Å². The Hall–Kier alpha value is -1.06. The summed E-state index contributed by atoms with van der Waals surface area (Å²) in [6, 6.07) is -2.15. The predicted molar refractivity (Wildman–Crippen MR) is 165 cm³/mol. The number of ether oxygens (including phenoxy) is 5. The van der Waals surface area contributed by atoms with Gasteiger partial charge in [-0.1, -0.05) is 6.08 Å². The van der Waals surface area contributed by atoms with Gasteiger partial charge in [-0.15, -0.1) is 0 Å². The number of hydrogen-bond acceptors (Lipinski definition) is 20. The van der Waals surface area contributed by atoms with Crippen LogP contribution in [-0.2, 0) is 23.7 Å². The number of nitrogens with one attached hydrogen (secondary N) is 1. The van der Waals surface area contributed by atoms with Crippen LogP contribution >= 0.6 is 0 Å². The molecule has 0 saturated carbocycles. The molecule has 5 aliphatic rings. The summed E-state index contributed by atoms with van der Waals surface area (Å²) in [6.07, 6.45) is -24.5. The molecule has 4 heterocycles. The molecule has 0 spiro atoms. The zero-order chi connectivity index (χ0) is 36.6. The maximum Gasteiger partial charge on any atom is 0.187 e. The molecule has 4 fully saturated rings. The van der Waals surface area contributed by atoms with Crippen molar-refractivity contribution >= 4 is 0 Å². The van der Waals surface area contributed by atoms with Crippen LogP contribution in [0.1, 0.15) is 6.92 Å². The van der Waals surface area contributed by atoms with Crippen LogP contribution in [0.2, 0.25) is 0 Å². The third-order valence-electron chi connectivity index (χ3n) is 10.4. The highest BCUT2D eigenvalue weighted by atomic mass is 16.7. The lowest BCUT2D eigenvalue weighted by Crippen LogP contribution is -2.69. The Morgan fingerprint density at radius 1 is 0.680 bits per heavy atom. The Kier molecular flexibility index (Phi) is 13.6. The van der Waals surface area contributed by atoms with Crippen LogP contribution in [0.5, 0.6) is 0 Å². The number of rotatable bonds is 10. The van der Waals surface area contributed by atoms with Crippen LogP contribution in [0, 0.1) is 0 Å². The van der Waals surface area contributed by atoms with Gasteiger partial charge in [0.25, 0.3) is 0 Å². The summed E-state index contributed by atoms with van der Waals surface area (Å²) in [5, 5.41) is 129. The van der Waals surface area contributed by atoms with E-state index in [1.807, 2.05) is 11.9 Å². The van der Waals surface area contributed by atoms with Gasteiger partial charge in [0, 0.05) is 26.2 Å². The van der Waals surface area contributed by atoms with Crippen molar-refractivity contribution in [2.45, 2.75) is 123 Å². The minimum Gasteiger partial charge on any atom is -0.394 e. The maximum atomic E-state index is 11.1. The lowest BCUT2D eigenvalue weighted by Gasteiger charge is -2.50. The van der Waals surface area contributed by atoms with Crippen LogP contribution < -0.4 is 5.32 Å². The Morgan fingerprint density at radius 3 is 1.80 bits per heavy atom. The molecule has 0 aromatic carbocycles. The van der Waals surface area contributed by atoms with E-state index >= 15 is 0 Å². The van der Waals surface area contributed by atoms with Gasteiger partial charge in [-0.05, 0) is 19.5 Å². The van der Waals surface area contributed by atoms with E-state index in [4.69, 9.17) is 23.7 Å². The third-order valence-corrected chi connectivity index (χ3v) is 10.4. The van der Waals surface area contributed by atoms with Gasteiger partial charge < -0.3 is 95.2 Å². The van der Waals surface area contributed by atoms with Crippen molar-refractivity contribution in [1.29, 1.82) is 0 Å². The molecule has 0 aromatic heterocycles. The first-order chi connectivity index (χ1) is 23.7. The van der Waals surface area contributed by atoms with Crippen LogP contribution in [-0.4, -0.2) is 240 Å². The first kappa shape index (κ1) is 40.1. The average molecular weight is 728 g/mol. The zero-order valence-electron chi connectivity index (χ0n) is 27.8. The highest BCUT2D eigenvalue weighted by molar-refractivity contribution is 5.22. The molecule has 19 atom stereocenters. The second-order valence-electron chi connectivity index (χ2n) is 13.7. The summed E-state index contributed by atoms with van der Waals surface area (Å²) in [4.78, 5) is 3.93. The molecule has 290 valence electrons. The first-order valence-corrected chi connectivity index (χ1v) is 16.8. The fourth-order valence-corrected chi connectivity index (χ4v) is 7.19. The van der Waals surface area contributed by atoms with Crippen molar-refractivity contribution in [3.8, 4) is 0 Å². The zero-order valence-corrected chi connectivity index (χ0v) is 27.8. The van der Waals surface area contributed by atoms with Crippen molar-refractivity contribution in [3.63, 3.8) is 0 Å². The van der Waals surface area contributed by atoms with Gasteiger partial charge in [0.15, 0.2) is 12.6 Å². The van der Waals surface area contributed by atoms with Crippen molar-refractivity contribution in [2.75, 3.05) is 53.0 Å². The minimum absolute atomic E-state index is 0.0338. The van der Waals surface area contributed by atoms with E-state index in [-0.39, 0.29) is 5.57 Å². The number of aliphatic hydroxyl groups is 12. The smallest absolute Gasteiger partial charge is 0.187 e. The topological polar surface area (TPSA) is 307 Å². The molecule has 0 aromatic rings. The first-order valence-electron chi connectivity index (χ1n) is 16.8. The molecule has 13 N–H and O–H groups in total. The molecule has 1 aliphatic carbocycles. The standard InChI is InChI=1S/C30H53N3O17/c1-11-16(31-13-7-12(8-34)17(37)20(40)18(13)38)19(39)24(44)29(46-11)49-27-15(10-36)48-30(25(45)22(27)42)50-26-14(9-35)47-28(23(43)21(26)41)33-5-3-32(2)4-6-33/h7,11,13-31,34-45H,3-6,8-10H2,1-2H3. The quantitative estimate of drug-likeness (QED) is 0.0930. The molecule has 4 aliphatic heterocycles. The van der Waals surface area contributed by atoms with Gasteiger partial charge in [0.2, 0.25) is 0 Å². The van der Waals surface area contributed by atoms with Gasteiger partial charge in [-0.25, -0.2) is 0 Å². The predicted octanol–water partition coefficient (Wildman–Crippen LogP) is -8.31. The fraction of sp³-hybridized carbons (Fsp3) is 0.933. The normalized spacial score (nSPS) is 49.9. The van der Waals surface area contributed by atoms with E-state index in [9.17, 15) is 61.3 Å². The van der Waals surface area contributed by atoms with Gasteiger partial charge in [-0.3, -0.25) is 4.90 Å². The minimum atomic E-state index is -1.89. The second-order valence-corrected chi connectivity index (χ2v) is 13.7. The van der Waals surface area contributed by atoms with Crippen LogP contribution in [0.4, 0.5) is 0 Å². The van der Waals surface area contributed by atoms with Crippen molar-refractivity contribution in [3.05, 3.63) is 11.6 Å². The Labute approximate surface area is 288 Å². The van der Waals surface area contributed by atoms with Crippen LogP contribution in [0.15, 0.2) is 11.6 Å². The molecule has 0 radical (unpaired) electrons. The third kappa shape index (κ3) is 8.05. The summed E-state index contributed by atoms with van der Waals surface area (Å²) in [5.74, 6) is 0. The largest absolute Gasteiger partial charge is 0.394 e. The SMILES string of the molecule is CC1OC(OC2C(CO)OC(OC3C(CO)OC(N4CCN(C)CC4)C(O)C3O)C(O)C2O)C(O)C(O)C1NC1C=C(CO)C(O)C(O)C1O. The summed E-state index contributed by atoms with van der Waals surface area (Å²) in [6.45, 7) is 1.93. The number of aliphatic hydroxyl groups excluding tert-OH is 12. The van der Waals surface area contributed by atoms with Gasteiger partial charge in [0.1, 0.15) is 85.6 Å². The number of nitrogens with zero attached hydrogens (tertiary/aromatic N) is 2. The second kappa shape index (κ2) is 17.0. The number of piperazine rings is 1. The van der Waals surface area contributed by atoms with Crippen molar-refractivity contribution in [2.24, 2.45) is 0 Å². The van der Waals surface area contributed by atoms with Crippen molar-refractivity contribution in [1.82, 2.24) is 15.1 Å². The van der Waals surface area contributed by atoms with E-state index < -0.39 is 136 Å². The molecule has 5 rings (SSSR count). The molecular formula is C30H53N3O17. The molecular weight excluding hydrogens is 674 g/mol. The summed E-state index contributed by atoms with van der Waals surface area (Å²) in [7, 11) is 1.95. The van der Waals surface area contributed by atoms with Crippen LogP contribution in [0.25, 0.3) is 0 Å². The molecule has 20 heteroatoms. The van der Waals surface area contributed by atoms with Crippen LogP contribution in [0.3, 0.4) is 0 Å². The molecule has 20 nitrogen and oxygen atoms in total. The summed E-state index contributed by atoms with van der Waals surface area (Å²) >= 11 is 0. The lowest BCUT2D eigenvalue weighted by molar-refractivity contribution is -0.371. The molecule has 50 heavy (non-hydrogen) atoms. The number of hydrogen-bond donors (Lipinski definition) is 13. The fourth-order valence-electron chi connectivity index (χ4n) is 7.19. The lowest BCUT2D eigenvalue weighted by atomic mass is 9.86. The monoisotopic (exact) mass is 727 g/mol. The molecule has 0 amide bonds. The van der Waals surface area contributed by atoms with E-state index in [0.717, 1.165) is 0 Å².